The number of hydrogen-bond acceptors (Lipinski definition) is 1. The summed E-state index contributed by atoms with van der Waals surface area (Å²) in [4.78, 5) is 0. The van der Waals surface area contributed by atoms with Crippen LogP contribution in [0.4, 0.5) is 0 Å². The first-order chi connectivity index (χ1) is 11.8. The van der Waals surface area contributed by atoms with Crippen LogP contribution in [-0.4, -0.2) is 8.32 Å². The van der Waals surface area contributed by atoms with E-state index >= 15 is 0 Å². The SMILES string of the molecule is C=C(CCCCCCCCCC)C(O[Si](C)(C)C)c1ccccc1Cl. The van der Waals surface area contributed by atoms with Gasteiger partial charge in [0, 0.05) is 10.6 Å². The van der Waals surface area contributed by atoms with Gasteiger partial charge in [-0.2, -0.15) is 0 Å². The van der Waals surface area contributed by atoms with Crippen molar-refractivity contribution in [2.24, 2.45) is 0 Å². The lowest BCUT2D eigenvalue weighted by Crippen LogP contribution is -2.28. The molecule has 0 N–H and O–H groups in total. The van der Waals surface area contributed by atoms with E-state index in [0.717, 1.165) is 17.0 Å². The third-order valence-electron chi connectivity index (χ3n) is 4.38. The number of rotatable bonds is 13. The highest BCUT2D eigenvalue weighted by Crippen LogP contribution is 2.35. The van der Waals surface area contributed by atoms with Gasteiger partial charge in [0.1, 0.15) is 0 Å². The Morgan fingerprint density at radius 2 is 1.56 bits per heavy atom. The third kappa shape index (κ3) is 9.63. The predicted octanol–water partition coefficient (Wildman–Crippen LogP) is 8.32. The minimum absolute atomic E-state index is 0.0649. The molecule has 0 bridgehead atoms. The summed E-state index contributed by atoms with van der Waals surface area (Å²) in [5.74, 6) is 0. The van der Waals surface area contributed by atoms with Gasteiger partial charge in [-0.1, -0.05) is 88.2 Å². The molecule has 0 fully saturated rings. The fraction of sp³-hybridized carbons (Fsp3) is 0.636. The predicted molar refractivity (Wildman–Crippen MR) is 115 cm³/mol. The van der Waals surface area contributed by atoms with Crippen molar-refractivity contribution in [1.82, 2.24) is 0 Å². The number of unbranched alkanes of at least 4 members (excludes halogenated alkanes) is 7. The molecular formula is C22H37ClOSi. The Bertz CT molecular complexity index is 507. The van der Waals surface area contributed by atoms with Gasteiger partial charge in [-0.05, 0) is 44.1 Å². The largest absolute Gasteiger partial charge is 0.407 e. The van der Waals surface area contributed by atoms with Crippen molar-refractivity contribution in [2.45, 2.75) is 90.5 Å². The van der Waals surface area contributed by atoms with E-state index in [1.54, 1.807) is 0 Å². The smallest absolute Gasteiger partial charge is 0.185 e. The summed E-state index contributed by atoms with van der Waals surface area (Å²) in [6, 6.07) is 8.02. The molecule has 0 spiro atoms. The standard InChI is InChI=1S/C22H37ClOSi/c1-6-7-8-9-10-11-12-13-16-19(2)22(24-25(3,4)5)20-17-14-15-18-21(20)23/h14-15,17-18,22H,2,6-13,16H2,1,3-5H3. The van der Waals surface area contributed by atoms with E-state index in [0.29, 0.717) is 0 Å². The topological polar surface area (TPSA) is 9.23 Å². The summed E-state index contributed by atoms with van der Waals surface area (Å²) in [6.45, 7) is 13.3. The van der Waals surface area contributed by atoms with Gasteiger partial charge in [0.05, 0.1) is 6.10 Å². The zero-order valence-corrected chi connectivity index (χ0v) is 18.5. The summed E-state index contributed by atoms with van der Waals surface area (Å²) in [5.41, 5.74) is 2.23. The molecule has 0 saturated heterocycles. The molecule has 1 aromatic carbocycles. The Kier molecular flexibility index (Phi) is 10.7. The van der Waals surface area contributed by atoms with Crippen LogP contribution in [0.15, 0.2) is 36.4 Å². The van der Waals surface area contributed by atoms with E-state index in [9.17, 15) is 0 Å². The molecule has 0 aliphatic rings. The minimum atomic E-state index is -1.68. The zero-order valence-electron chi connectivity index (χ0n) is 16.7. The van der Waals surface area contributed by atoms with Crippen LogP contribution in [0.3, 0.4) is 0 Å². The average Bonchev–Trinajstić information content (AvgIpc) is 2.55. The molecular weight excluding hydrogens is 344 g/mol. The molecule has 0 amide bonds. The van der Waals surface area contributed by atoms with Crippen LogP contribution in [0.2, 0.25) is 24.7 Å². The van der Waals surface area contributed by atoms with E-state index in [1.165, 1.54) is 56.9 Å². The van der Waals surface area contributed by atoms with Crippen molar-refractivity contribution in [3.63, 3.8) is 0 Å². The number of hydrogen-bond donors (Lipinski definition) is 0. The van der Waals surface area contributed by atoms with E-state index in [2.05, 4.69) is 39.2 Å². The Morgan fingerprint density at radius 1 is 1.00 bits per heavy atom. The summed E-state index contributed by atoms with van der Waals surface area (Å²) in [7, 11) is -1.68. The second-order valence-electron chi connectivity index (χ2n) is 8.01. The lowest BCUT2D eigenvalue weighted by Gasteiger charge is -2.29. The van der Waals surface area contributed by atoms with Crippen molar-refractivity contribution in [1.29, 1.82) is 0 Å². The fourth-order valence-corrected chi connectivity index (χ4v) is 4.26. The van der Waals surface area contributed by atoms with Crippen molar-refractivity contribution < 1.29 is 4.43 Å². The number of benzene rings is 1. The molecule has 0 aliphatic heterocycles. The van der Waals surface area contributed by atoms with Gasteiger partial charge in [-0.15, -0.1) is 0 Å². The van der Waals surface area contributed by atoms with Crippen LogP contribution in [0.5, 0.6) is 0 Å². The average molecular weight is 381 g/mol. The molecule has 0 heterocycles. The number of halogens is 1. The molecule has 3 heteroatoms. The normalized spacial score (nSPS) is 13.0. The van der Waals surface area contributed by atoms with Crippen molar-refractivity contribution in [3.8, 4) is 0 Å². The maximum Gasteiger partial charge on any atom is 0.185 e. The van der Waals surface area contributed by atoms with Crippen LogP contribution in [-0.2, 0) is 4.43 Å². The van der Waals surface area contributed by atoms with E-state index in [-0.39, 0.29) is 6.10 Å². The Morgan fingerprint density at radius 3 is 2.12 bits per heavy atom. The lowest BCUT2D eigenvalue weighted by atomic mass is 9.97. The first-order valence-electron chi connectivity index (χ1n) is 9.95. The molecule has 0 aliphatic carbocycles. The first-order valence-corrected chi connectivity index (χ1v) is 13.7. The minimum Gasteiger partial charge on any atom is -0.407 e. The third-order valence-corrected chi connectivity index (χ3v) is 5.67. The Hall–Kier alpha value is -0.573. The molecule has 25 heavy (non-hydrogen) atoms. The van der Waals surface area contributed by atoms with Gasteiger partial charge >= 0.3 is 0 Å². The monoisotopic (exact) mass is 380 g/mol. The van der Waals surface area contributed by atoms with Crippen molar-refractivity contribution >= 4 is 19.9 Å². The van der Waals surface area contributed by atoms with Gasteiger partial charge in [0.25, 0.3) is 0 Å². The van der Waals surface area contributed by atoms with Crippen LogP contribution < -0.4 is 0 Å². The first kappa shape index (κ1) is 22.5. The van der Waals surface area contributed by atoms with Gasteiger partial charge in [-0.3, -0.25) is 0 Å². The maximum absolute atomic E-state index is 6.44. The van der Waals surface area contributed by atoms with E-state index in [1.807, 2.05) is 18.2 Å². The highest BCUT2D eigenvalue weighted by Gasteiger charge is 2.25. The molecule has 0 radical (unpaired) electrons. The van der Waals surface area contributed by atoms with Gasteiger partial charge < -0.3 is 4.43 Å². The Labute approximate surface area is 162 Å². The second kappa shape index (κ2) is 11.9. The summed E-state index contributed by atoms with van der Waals surface area (Å²) >= 11 is 6.43. The van der Waals surface area contributed by atoms with E-state index < -0.39 is 8.32 Å². The molecule has 1 nitrogen and oxygen atoms in total. The van der Waals surface area contributed by atoms with Crippen LogP contribution >= 0.6 is 11.6 Å². The van der Waals surface area contributed by atoms with Gasteiger partial charge in [0.15, 0.2) is 8.32 Å². The summed E-state index contributed by atoms with van der Waals surface area (Å²) in [5, 5.41) is 0.780. The molecule has 0 saturated carbocycles. The summed E-state index contributed by atoms with van der Waals surface area (Å²) < 4.78 is 6.44. The Balaban J connectivity index is 2.50. The van der Waals surface area contributed by atoms with Gasteiger partial charge in [0.2, 0.25) is 0 Å². The quantitative estimate of drug-likeness (QED) is 0.190. The lowest BCUT2D eigenvalue weighted by molar-refractivity contribution is 0.230. The van der Waals surface area contributed by atoms with E-state index in [4.69, 9.17) is 16.0 Å². The zero-order chi connectivity index (χ0) is 18.7. The van der Waals surface area contributed by atoms with Crippen LogP contribution in [0.25, 0.3) is 0 Å². The maximum atomic E-state index is 6.44. The van der Waals surface area contributed by atoms with Crippen LogP contribution in [0, 0.1) is 0 Å². The van der Waals surface area contributed by atoms with Crippen molar-refractivity contribution in [2.75, 3.05) is 0 Å². The van der Waals surface area contributed by atoms with Crippen molar-refractivity contribution in [3.05, 3.63) is 47.0 Å². The van der Waals surface area contributed by atoms with Crippen LogP contribution in [0.1, 0.15) is 76.4 Å². The molecule has 1 unspecified atom stereocenters. The molecule has 142 valence electrons. The second-order valence-corrected chi connectivity index (χ2v) is 12.9. The van der Waals surface area contributed by atoms with Gasteiger partial charge in [-0.25, -0.2) is 0 Å². The fourth-order valence-electron chi connectivity index (χ4n) is 3.03. The molecule has 1 rings (SSSR count). The summed E-state index contributed by atoms with van der Waals surface area (Å²) in [6.07, 6.45) is 11.6. The molecule has 1 atom stereocenters. The highest BCUT2D eigenvalue weighted by molar-refractivity contribution is 6.69. The highest BCUT2D eigenvalue weighted by atomic mass is 35.5. The molecule has 1 aromatic rings. The molecule has 0 aromatic heterocycles.